The first kappa shape index (κ1) is 10.7. The van der Waals surface area contributed by atoms with Crippen molar-refractivity contribution in [3.05, 3.63) is 35.9 Å². The van der Waals surface area contributed by atoms with Gasteiger partial charge in [-0.15, -0.1) is 0 Å². The summed E-state index contributed by atoms with van der Waals surface area (Å²) in [7, 11) is 0. The molecule has 2 rings (SSSR count). The third-order valence-corrected chi connectivity index (χ3v) is 3.24. The second kappa shape index (κ2) is 3.95. The van der Waals surface area contributed by atoms with E-state index in [0.29, 0.717) is 6.04 Å². The van der Waals surface area contributed by atoms with E-state index in [1.165, 1.54) is 5.56 Å². The van der Waals surface area contributed by atoms with E-state index in [1.807, 2.05) is 6.07 Å². The standard InChI is InChI=1S/C13H20N2/c1-13(2)9-8-11(14)12(15-13)10-6-4-3-5-7-10/h3-7,11-12,15H,8-9,14H2,1-2H3/t11-,12-/m1/s1. The maximum Gasteiger partial charge on any atom is 0.0477 e. The Morgan fingerprint density at radius 2 is 1.93 bits per heavy atom. The van der Waals surface area contributed by atoms with Crippen LogP contribution in [0.2, 0.25) is 0 Å². The molecule has 1 heterocycles. The highest BCUT2D eigenvalue weighted by Gasteiger charge is 2.32. The zero-order chi connectivity index (χ0) is 10.9. The lowest BCUT2D eigenvalue weighted by Gasteiger charge is -2.41. The summed E-state index contributed by atoms with van der Waals surface area (Å²) in [5, 5.41) is 3.63. The first-order chi connectivity index (χ1) is 7.08. The van der Waals surface area contributed by atoms with Gasteiger partial charge in [0.05, 0.1) is 0 Å². The average Bonchev–Trinajstić information content (AvgIpc) is 2.23. The SMILES string of the molecule is CC1(C)CC[C@@H](N)[C@@H](c2ccccc2)N1. The van der Waals surface area contributed by atoms with Gasteiger partial charge >= 0.3 is 0 Å². The van der Waals surface area contributed by atoms with Crippen molar-refractivity contribution in [3.8, 4) is 0 Å². The van der Waals surface area contributed by atoms with Gasteiger partial charge in [-0.05, 0) is 32.3 Å². The lowest BCUT2D eigenvalue weighted by Crippen LogP contribution is -2.53. The molecule has 0 aromatic heterocycles. The first-order valence-electron chi connectivity index (χ1n) is 5.67. The van der Waals surface area contributed by atoms with Crippen molar-refractivity contribution in [2.45, 2.75) is 44.3 Å². The molecule has 82 valence electrons. The first-order valence-corrected chi connectivity index (χ1v) is 5.67. The molecule has 0 aliphatic carbocycles. The van der Waals surface area contributed by atoms with E-state index in [2.05, 4.69) is 43.4 Å². The van der Waals surface area contributed by atoms with Crippen LogP contribution in [0.15, 0.2) is 30.3 Å². The van der Waals surface area contributed by atoms with Crippen LogP contribution in [-0.4, -0.2) is 11.6 Å². The molecule has 0 saturated carbocycles. The number of hydrogen-bond donors (Lipinski definition) is 2. The van der Waals surface area contributed by atoms with Crippen LogP contribution in [0.3, 0.4) is 0 Å². The number of piperidine rings is 1. The molecule has 1 aliphatic heterocycles. The van der Waals surface area contributed by atoms with Crippen LogP contribution in [-0.2, 0) is 0 Å². The molecule has 0 bridgehead atoms. The fourth-order valence-electron chi connectivity index (χ4n) is 2.29. The van der Waals surface area contributed by atoms with Gasteiger partial charge in [0.15, 0.2) is 0 Å². The summed E-state index contributed by atoms with van der Waals surface area (Å²) in [5.74, 6) is 0. The Morgan fingerprint density at radius 3 is 2.60 bits per heavy atom. The predicted octanol–water partition coefficient (Wildman–Crippen LogP) is 2.22. The van der Waals surface area contributed by atoms with Crippen LogP contribution < -0.4 is 11.1 Å². The van der Waals surface area contributed by atoms with E-state index in [-0.39, 0.29) is 11.6 Å². The highest BCUT2D eigenvalue weighted by atomic mass is 15.0. The molecule has 2 heteroatoms. The zero-order valence-corrected chi connectivity index (χ0v) is 9.53. The van der Waals surface area contributed by atoms with Crippen molar-refractivity contribution in [2.75, 3.05) is 0 Å². The fourth-order valence-corrected chi connectivity index (χ4v) is 2.29. The largest absolute Gasteiger partial charge is 0.326 e. The van der Waals surface area contributed by atoms with Gasteiger partial charge in [0.2, 0.25) is 0 Å². The van der Waals surface area contributed by atoms with Crippen molar-refractivity contribution in [2.24, 2.45) is 5.73 Å². The molecule has 2 nitrogen and oxygen atoms in total. The normalized spacial score (nSPS) is 30.1. The van der Waals surface area contributed by atoms with Crippen molar-refractivity contribution in [1.82, 2.24) is 5.32 Å². The fraction of sp³-hybridized carbons (Fsp3) is 0.538. The van der Waals surface area contributed by atoms with Crippen molar-refractivity contribution < 1.29 is 0 Å². The topological polar surface area (TPSA) is 38.0 Å². The highest BCUT2D eigenvalue weighted by molar-refractivity contribution is 5.22. The van der Waals surface area contributed by atoms with E-state index >= 15 is 0 Å². The Hall–Kier alpha value is -0.860. The van der Waals surface area contributed by atoms with Gasteiger partial charge in [-0.3, -0.25) is 0 Å². The maximum absolute atomic E-state index is 6.17. The van der Waals surface area contributed by atoms with Crippen LogP contribution in [0.5, 0.6) is 0 Å². The van der Waals surface area contributed by atoms with Gasteiger partial charge in [0.25, 0.3) is 0 Å². The van der Waals surface area contributed by atoms with Crippen LogP contribution >= 0.6 is 0 Å². The van der Waals surface area contributed by atoms with Crippen LogP contribution in [0.1, 0.15) is 38.3 Å². The summed E-state index contributed by atoms with van der Waals surface area (Å²) in [6, 6.07) is 11.0. The molecule has 1 aliphatic rings. The van der Waals surface area contributed by atoms with Crippen molar-refractivity contribution in [1.29, 1.82) is 0 Å². The summed E-state index contributed by atoms with van der Waals surface area (Å²) in [6.45, 7) is 4.49. The summed E-state index contributed by atoms with van der Waals surface area (Å²) in [5.41, 5.74) is 7.68. The second-order valence-electron chi connectivity index (χ2n) is 5.12. The lowest BCUT2D eigenvalue weighted by molar-refractivity contribution is 0.220. The van der Waals surface area contributed by atoms with E-state index < -0.39 is 0 Å². The second-order valence-corrected chi connectivity index (χ2v) is 5.12. The molecule has 1 aromatic carbocycles. The third kappa shape index (κ3) is 2.39. The Labute approximate surface area is 91.9 Å². The van der Waals surface area contributed by atoms with Gasteiger partial charge in [0.1, 0.15) is 0 Å². The highest BCUT2D eigenvalue weighted by Crippen LogP contribution is 2.29. The molecule has 1 aromatic rings. The molecule has 1 fully saturated rings. The average molecular weight is 204 g/mol. The minimum Gasteiger partial charge on any atom is -0.326 e. The Bertz CT molecular complexity index is 319. The van der Waals surface area contributed by atoms with Crippen molar-refractivity contribution >= 4 is 0 Å². The minimum atomic E-state index is 0.205. The van der Waals surface area contributed by atoms with Crippen LogP contribution in [0, 0.1) is 0 Å². The maximum atomic E-state index is 6.17. The van der Waals surface area contributed by atoms with Crippen LogP contribution in [0.25, 0.3) is 0 Å². The van der Waals surface area contributed by atoms with E-state index in [4.69, 9.17) is 5.73 Å². The number of rotatable bonds is 1. The van der Waals surface area contributed by atoms with E-state index in [0.717, 1.165) is 12.8 Å². The molecule has 3 N–H and O–H groups in total. The molecule has 0 unspecified atom stereocenters. The van der Waals surface area contributed by atoms with E-state index in [9.17, 15) is 0 Å². The number of nitrogens with one attached hydrogen (secondary N) is 1. The summed E-state index contributed by atoms with van der Waals surface area (Å²) < 4.78 is 0. The molecule has 2 atom stereocenters. The summed E-state index contributed by atoms with van der Waals surface area (Å²) in [6.07, 6.45) is 2.25. The summed E-state index contributed by atoms with van der Waals surface area (Å²) in [4.78, 5) is 0. The zero-order valence-electron chi connectivity index (χ0n) is 9.53. The molecule has 0 spiro atoms. The van der Waals surface area contributed by atoms with Gasteiger partial charge in [-0.25, -0.2) is 0 Å². The van der Waals surface area contributed by atoms with Gasteiger partial charge < -0.3 is 11.1 Å². The Balaban J connectivity index is 2.20. The molecule has 0 amide bonds. The van der Waals surface area contributed by atoms with Gasteiger partial charge in [0, 0.05) is 17.6 Å². The van der Waals surface area contributed by atoms with Gasteiger partial charge in [-0.2, -0.15) is 0 Å². The quantitative estimate of drug-likeness (QED) is 0.736. The monoisotopic (exact) mass is 204 g/mol. The molecule has 0 radical (unpaired) electrons. The smallest absolute Gasteiger partial charge is 0.0477 e. The van der Waals surface area contributed by atoms with Crippen LogP contribution in [0.4, 0.5) is 0 Å². The number of nitrogens with two attached hydrogens (primary N) is 1. The molecule has 15 heavy (non-hydrogen) atoms. The molecule has 1 saturated heterocycles. The third-order valence-electron chi connectivity index (χ3n) is 3.24. The Morgan fingerprint density at radius 1 is 1.27 bits per heavy atom. The molecular weight excluding hydrogens is 184 g/mol. The molecular formula is C13H20N2. The van der Waals surface area contributed by atoms with E-state index in [1.54, 1.807) is 0 Å². The van der Waals surface area contributed by atoms with Crippen molar-refractivity contribution in [3.63, 3.8) is 0 Å². The Kier molecular flexibility index (Phi) is 2.81. The number of benzene rings is 1. The lowest BCUT2D eigenvalue weighted by atomic mass is 9.83. The predicted molar refractivity (Wildman–Crippen MR) is 63.6 cm³/mol. The minimum absolute atomic E-state index is 0.205. The number of hydrogen-bond acceptors (Lipinski definition) is 2. The van der Waals surface area contributed by atoms with Gasteiger partial charge in [-0.1, -0.05) is 30.3 Å². The summed E-state index contributed by atoms with van der Waals surface area (Å²) >= 11 is 0.